The summed E-state index contributed by atoms with van der Waals surface area (Å²) in [4.78, 5) is 16.6. The smallest absolute Gasteiger partial charge is 0.211 e. The Balaban J connectivity index is 2.14. The molecule has 0 radical (unpaired) electrons. The third-order valence-corrected chi connectivity index (χ3v) is 4.71. The number of isocyanates is 1. The molecule has 0 unspecified atom stereocenters. The SMILES string of the molecule is CCCCCCc1ccccc1Sc1ccccc1N=C=O. The van der Waals surface area contributed by atoms with Gasteiger partial charge in [0.25, 0.3) is 0 Å². The molecule has 2 aromatic carbocycles. The van der Waals surface area contributed by atoms with Crippen molar-refractivity contribution in [3.8, 4) is 0 Å². The van der Waals surface area contributed by atoms with Crippen LogP contribution in [0.4, 0.5) is 5.69 Å². The fraction of sp³-hybridized carbons (Fsp3) is 0.316. The van der Waals surface area contributed by atoms with Gasteiger partial charge in [0.05, 0.1) is 5.69 Å². The van der Waals surface area contributed by atoms with E-state index in [0.717, 1.165) is 11.3 Å². The summed E-state index contributed by atoms with van der Waals surface area (Å²) in [7, 11) is 0. The molecule has 2 aromatic rings. The molecule has 0 bridgehead atoms. The highest BCUT2D eigenvalue weighted by molar-refractivity contribution is 7.99. The molecule has 0 aromatic heterocycles. The van der Waals surface area contributed by atoms with E-state index in [4.69, 9.17) is 0 Å². The summed E-state index contributed by atoms with van der Waals surface area (Å²) in [6.07, 6.45) is 7.79. The zero-order chi connectivity index (χ0) is 15.6. The quantitative estimate of drug-likeness (QED) is 0.343. The van der Waals surface area contributed by atoms with E-state index in [9.17, 15) is 4.79 Å². The van der Waals surface area contributed by atoms with E-state index < -0.39 is 0 Å². The van der Waals surface area contributed by atoms with Crippen LogP contribution in [-0.4, -0.2) is 6.08 Å². The van der Waals surface area contributed by atoms with Crippen molar-refractivity contribution in [1.29, 1.82) is 0 Å². The van der Waals surface area contributed by atoms with E-state index in [1.165, 1.54) is 36.1 Å². The second-order valence-electron chi connectivity index (χ2n) is 5.19. The number of para-hydroxylation sites is 1. The van der Waals surface area contributed by atoms with Crippen molar-refractivity contribution in [3.05, 3.63) is 54.1 Å². The minimum atomic E-state index is 0.684. The number of hydrogen-bond acceptors (Lipinski definition) is 3. The van der Waals surface area contributed by atoms with Crippen LogP contribution in [0.2, 0.25) is 0 Å². The molecule has 2 nitrogen and oxygen atoms in total. The number of aryl methyl sites for hydroxylation is 1. The number of hydrogen-bond donors (Lipinski definition) is 0. The lowest BCUT2D eigenvalue weighted by Gasteiger charge is -2.10. The van der Waals surface area contributed by atoms with Crippen molar-refractivity contribution in [2.24, 2.45) is 4.99 Å². The van der Waals surface area contributed by atoms with Crippen molar-refractivity contribution in [2.45, 2.75) is 48.8 Å². The molecular formula is C19H21NOS. The van der Waals surface area contributed by atoms with Crippen LogP contribution in [0.5, 0.6) is 0 Å². The second kappa shape index (κ2) is 9.24. The first kappa shape index (κ1) is 16.5. The topological polar surface area (TPSA) is 29.4 Å². The maximum absolute atomic E-state index is 10.5. The predicted molar refractivity (Wildman–Crippen MR) is 92.6 cm³/mol. The molecule has 0 amide bonds. The number of rotatable bonds is 8. The van der Waals surface area contributed by atoms with Crippen molar-refractivity contribution in [1.82, 2.24) is 0 Å². The molecule has 0 N–H and O–H groups in total. The van der Waals surface area contributed by atoms with Crippen LogP contribution in [0.15, 0.2) is 63.3 Å². The Bertz CT molecular complexity index is 647. The van der Waals surface area contributed by atoms with Gasteiger partial charge in [-0.1, -0.05) is 68.3 Å². The van der Waals surface area contributed by atoms with E-state index in [1.54, 1.807) is 17.8 Å². The Morgan fingerprint density at radius 1 is 0.955 bits per heavy atom. The Hall–Kier alpha value is -1.83. The second-order valence-corrected chi connectivity index (χ2v) is 6.28. The van der Waals surface area contributed by atoms with Gasteiger partial charge in [0, 0.05) is 9.79 Å². The van der Waals surface area contributed by atoms with Crippen molar-refractivity contribution in [2.75, 3.05) is 0 Å². The van der Waals surface area contributed by atoms with Crippen LogP contribution >= 0.6 is 11.8 Å². The van der Waals surface area contributed by atoms with E-state index in [0.29, 0.717) is 5.69 Å². The highest BCUT2D eigenvalue weighted by atomic mass is 32.2. The van der Waals surface area contributed by atoms with Crippen LogP contribution < -0.4 is 0 Å². The zero-order valence-corrected chi connectivity index (χ0v) is 13.7. The Kier molecular flexibility index (Phi) is 6.95. The largest absolute Gasteiger partial charge is 0.240 e. The van der Waals surface area contributed by atoms with Gasteiger partial charge in [0.15, 0.2) is 0 Å². The number of benzene rings is 2. The normalized spacial score (nSPS) is 10.2. The molecule has 0 saturated carbocycles. The van der Waals surface area contributed by atoms with Crippen LogP contribution in [0.25, 0.3) is 0 Å². The lowest BCUT2D eigenvalue weighted by Crippen LogP contribution is -1.89. The summed E-state index contributed by atoms with van der Waals surface area (Å²) >= 11 is 1.67. The summed E-state index contributed by atoms with van der Waals surface area (Å²) in [6.45, 7) is 2.23. The molecule has 2 rings (SSSR count). The maximum atomic E-state index is 10.5. The number of unbranched alkanes of at least 4 members (excludes halogenated alkanes) is 3. The monoisotopic (exact) mass is 311 g/mol. The third-order valence-electron chi connectivity index (χ3n) is 3.52. The molecule has 0 heterocycles. The van der Waals surface area contributed by atoms with Crippen LogP contribution in [0.1, 0.15) is 38.2 Å². The summed E-state index contributed by atoms with van der Waals surface area (Å²) < 4.78 is 0. The summed E-state index contributed by atoms with van der Waals surface area (Å²) in [5.74, 6) is 0. The summed E-state index contributed by atoms with van der Waals surface area (Å²) in [6, 6.07) is 16.2. The first-order valence-electron chi connectivity index (χ1n) is 7.77. The van der Waals surface area contributed by atoms with Crippen molar-refractivity contribution < 1.29 is 4.79 Å². The van der Waals surface area contributed by atoms with Gasteiger partial charge in [-0.2, -0.15) is 4.99 Å². The number of carbonyl (C=O) groups excluding carboxylic acids is 1. The lowest BCUT2D eigenvalue weighted by atomic mass is 10.1. The van der Waals surface area contributed by atoms with E-state index in [-0.39, 0.29) is 0 Å². The lowest BCUT2D eigenvalue weighted by molar-refractivity contribution is 0.565. The van der Waals surface area contributed by atoms with Gasteiger partial charge in [-0.3, -0.25) is 0 Å². The number of nitrogens with zero attached hydrogens (tertiary/aromatic N) is 1. The zero-order valence-electron chi connectivity index (χ0n) is 12.9. The molecular weight excluding hydrogens is 290 g/mol. The molecule has 0 saturated heterocycles. The predicted octanol–water partition coefficient (Wildman–Crippen LogP) is 5.93. The highest BCUT2D eigenvalue weighted by Crippen LogP contribution is 2.36. The molecule has 0 spiro atoms. The van der Waals surface area contributed by atoms with Gasteiger partial charge in [0.1, 0.15) is 0 Å². The van der Waals surface area contributed by atoms with Crippen LogP contribution in [0, 0.1) is 0 Å². The molecule has 22 heavy (non-hydrogen) atoms. The van der Waals surface area contributed by atoms with Crippen molar-refractivity contribution in [3.63, 3.8) is 0 Å². The highest BCUT2D eigenvalue weighted by Gasteiger charge is 2.07. The van der Waals surface area contributed by atoms with Gasteiger partial charge in [0.2, 0.25) is 6.08 Å². The standard InChI is InChI=1S/C19H21NOS/c1-2-3-4-5-10-16-11-6-8-13-18(16)22-19-14-9-7-12-17(19)20-15-21/h6-9,11-14H,2-5,10H2,1H3. The minimum Gasteiger partial charge on any atom is -0.211 e. The van der Waals surface area contributed by atoms with E-state index >= 15 is 0 Å². The first-order chi connectivity index (χ1) is 10.8. The fourth-order valence-corrected chi connectivity index (χ4v) is 3.41. The molecule has 0 atom stereocenters. The first-order valence-corrected chi connectivity index (χ1v) is 8.59. The Morgan fingerprint density at radius 3 is 2.45 bits per heavy atom. The average molecular weight is 311 g/mol. The molecule has 0 fully saturated rings. The summed E-state index contributed by atoms with van der Waals surface area (Å²) in [5, 5.41) is 0. The van der Waals surface area contributed by atoms with Gasteiger partial charge >= 0.3 is 0 Å². The van der Waals surface area contributed by atoms with E-state index in [1.807, 2.05) is 24.3 Å². The Morgan fingerprint density at radius 2 is 1.68 bits per heavy atom. The minimum absolute atomic E-state index is 0.684. The van der Waals surface area contributed by atoms with Crippen LogP contribution in [-0.2, 0) is 11.2 Å². The maximum Gasteiger partial charge on any atom is 0.240 e. The van der Waals surface area contributed by atoms with Gasteiger partial charge in [-0.15, -0.1) is 0 Å². The van der Waals surface area contributed by atoms with Gasteiger partial charge < -0.3 is 0 Å². The third kappa shape index (κ3) is 4.87. The number of aliphatic imine (C=N–C) groups is 1. The van der Waals surface area contributed by atoms with Crippen LogP contribution in [0.3, 0.4) is 0 Å². The average Bonchev–Trinajstić information content (AvgIpc) is 2.55. The fourth-order valence-electron chi connectivity index (χ4n) is 2.36. The van der Waals surface area contributed by atoms with Crippen molar-refractivity contribution >= 4 is 23.5 Å². The molecule has 0 aliphatic heterocycles. The molecule has 0 aliphatic rings. The Labute approximate surface area is 136 Å². The molecule has 0 aliphatic carbocycles. The van der Waals surface area contributed by atoms with E-state index in [2.05, 4.69) is 36.2 Å². The molecule has 114 valence electrons. The van der Waals surface area contributed by atoms with Gasteiger partial charge in [-0.25, -0.2) is 4.79 Å². The van der Waals surface area contributed by atoms with Gasteiger partial charge in [-0.05, 0) is 36.6 Å². The summed E-state index contributed by atoms with van der Waals surface area (Å²) in [5.41, 5.74) is 2.05. The molecule has 3 heteroatoms.